The number of nitrogens with one attached hydrogen (secondary N) is 1. The summed E-state index contributed by atoms with van der Waals surface area (Å²) in [5, 5.41) is 12.1. The van der Waals surface area contributed by atoms with E-state index in [9.17, 15) is 9.59 Å². The lowest BCUT2D eigenvalue weighted by Crippen LogP contribution is -2.41. The van der Waals surface area contributed by atoms with Gasteiger partial charge in [0.15, 0.2) is 0 Å². The van der Waals surface area contributed by atoms with E-state index in [1.54, 1.807) is 0 Å². The van der Waals surface area contributed by atoms with Gasteiger partial charge in [-0.2, -0.15) is 0 Å². The van der Waals surface area contributed by atoms with Crippen LogP contribution in [0.5, 0.6) is 0 Å². The lowest BCUT2D eigenvalue weighted by Gasteiger charge is -2.12. The summed E-state index contributed by atoms with van der Waals surface area (Å²) in [6.07, 6.45) is 0. The van der Waals surface area contributed by atoms with Crippen LogP contribution in [0.2, 0.25) is 0 Å². The Balaban J connectivity index is 2.66. The molecule has 1 aromatic heterocycles. The number of thioether (sulfide) groups is 1. The lowest BCUT2D eigenvalue weighted by atomic mass is 10.3. The highest BCUT2D eigenvalue weighted by Crippen LogP contribution is 2.18. The summed E-state index contributed by atoms with van der Waals surface area (Å²) in [4.78, 5) is 26.1. The number of aliphatic carboxylic acids is 1. The summed E-state index contributed by atoms with van der Waals surface area (Å²) in [6, 6.07) is 2.95. The zero-order valence-electron chi connectivity index (χ0n) is 10.6. The van der Waals surface area contributed by atoms with Crippen molar-refractivity contribution in [3.8, 4) is 0 Å². The highest BCUT2D eigenvalue weighted by atomic mass is 32.2. The molecular weight excluding hydrogens is 252 g/mol. The highest BCUT2D eigenvalue weighted by molar-refractivity contribution is 7.99. The van der Waals surface area contributed by atoms with Crippen LogP contribution in [0.4, 0.5) is 0 Å². The molecule has 0 bridgehead atoms. The van der Waals surface area contributed by atoms with Crippen molar-refractivity contribution in [2.45, 2.75) is 31.8 Å². The molecule has 0 radical (unpaired) electrons. The molecule has 1 atom stereocenters. The number of aromatic nitrogens is 1. The molecule has 2 N–H and O–H groups in total. The maximum Gasteiger partial charge on any atom is 0.327 e. The highest BCUT2D eigenvalue weighted by Gasteiger charge is 2.18. The minimum Gasteiger partial charge on any atom is -0.480 e. The normalized spacial score (nSPS) is 11.9. The monoisotopic (exact) mass is 268 g/mol. The Morgan fingerprint density at radius 2 is 2.11 bits per heavy atom. The molecule has 1 heterocycles. The van der Waals surface area contributed by atoms with Gasteiger partial charge in [0.1, 0.15) is 6.04 Å². The number of carbonyl (C=O) groups excluding carboxylic acids is 1. The molecule has 0 fully saturated rings. The van der Waals surface area contributed by atoms with Crippen molar-refractivity contribution in [3.63, 3.8) is 0 Å². The van der Waals surface area contributed by atoms with Gasteiger partial charge in [0.25, 0.3) is 0 Å². The quantitative estimate of drug-likeness (QED) is 0.789. The Bertz CT molecular complexity index is 442. The van der Waals surface area contributed by atoms with E-state index in [1.807, 2.05) is 26.0 Å². The topological polar surface area (TPSA) is 79.3 Å². The molecule has 1 rings (SSSR count). The Labute approximate surface area is 110 Å². The van der Waals surface area contributed by atoms with Crippen LogP contribution < -0.4 is 5.32 Å². The SMILES string of the molecule is CC(=O)NC(CSc1cc(C)cc(C)n1)C(=O)O. The van der Waals surface area contributed by atoms with Gasteiger partial charge in [0.05, 0.1) is 5.03 Å². The average Bonchev–Trinajstić information content (AvgIpc) is 2.21. The Hall–Kier alpha value is -1.56. The minimum atomic E-state index is -1.04. The number of nitrogens with zero attached hydrogens (tertiary/aromatic N) is 1. The predicted octanol–water partition coefficient (Wildman–Crippen LogP) is 1.38. The fraction of sp³-hybridized carbons (Fsp3) is 0.417. The van der Waals surface area contributed by atoms with Crippen LogP contribution in [0.1, 0.15) is 18.2 Å². The molecule has 0 spiro atoms. The third-order valence-electron chi connectivity index (χ3n) is 2.15. The van der Waals surface area contributed by atoms with E-state index < -0.39 is 12.0 Å². The number of carboxylic acid groups (broad SMARTS) is 1. The molecule has 0 aliphatic rings. The number of carbonyl (C=O) groups is 2. The summed E-state index contributed by atoms with van der Waals surface area (Å²) >= 11 is 1.32. The average molecular weight is 268 g/mol. The molecule has 98 valence electrons. The number of hydrogen-bond acceptors (Lipinski definition) is 4. The van der Waals surface area contributed by atoms with Gasteiger partial charge in [-0.3, -0.25) is 4.79 Å². The van der Waals surface area contributed by atoms with E-state index in [0.29, 0.717) is 0 Å². The van der Waals surface area contributed by atoms with Crippen molar-refractivity contribution in [2.24, 2.45) is 0 Å². The largest absolute Gasteiger partial charge is 0.480 e. The van der Waals surface area contributed by atoms with Crippen LogP contribution in [0.3, 0.4) is 0 Å². The van der Waals surface area contributed by atoms with Crippen molar-refractivity contribution in [2.75, 3.05) is 5.75 Å². The number of rotatable bonds is 5. The van der Waals surface area contributed by atoms with Gasteiger partial charge in [-0.05, 0) is 31.5 Å². The van der Waals surface area contributed by atoms with Crippen molar-refractivity contribution >= 4 is 23.6 Å². The first-order chi connectivity index (χ1) is 8.38. The zero-order valence-corrected chi connectivity index (χ0v) is 11.4. The summed E-state index contributed by atoms with van der Waals surface area (Å²) in [5.41, 5.74) is 1.97. The molecular formula is C12H16N2O3S. The van der Waals surface area contributed by atoms with Crippen LogP contribution in [0, 0.1) is 13.8 Å². The van der Waals surface area contributed by atoms with Crippen molar-refractivity contribution in [1.29, 1.82) is 0 Å². The second-order valence-electron chi connectivity index (χ2n) is 4.03. The third kappa shape index (κ3) is 4.75. The van der Waals surface area contributed by atoms with Gasteiger partial charge in [0, 0.05) is 18.4 Å². The first-order valence-corrected chi connectivity index (χ1v) is 6.45. The van der Waals surface area contributed by atoms with Crippen LogP contribution in [-0.2, 0) is 9.59 Å². The molecule has 0 aliphatic carbocycles. The first kappa shape index (κ1) is 14.5. The van der Waals surface area contributed by atoms with E-state index in [-0.39, 0.29) is 11.7 Å². The summed E-state index contributed by atoms with van der Waals surface area (Å²) in [7, 11) is 0. The van der Waals surface area contributed by atoms with Gasteiger partial charge in [-0.25, -0.2) is 9.78 Å². The smallest absolute Gasteiger partial charge is 0.327 e. The standard InChI is InChI=1S/C12H16N2O3S/c1-7-4-8(2)13-11(5-7)18-6-10(12(16)17)14-9(3)15/h4-5,10H,6H2,1-3H3,(H,14,15)(H,16,17). The zero-order chi connectivity index (χ0) is 13.7. The summed E-state index contributed by atoms with van der Waals surface area (Å²) < 4.78 is 0. The number of pyridine rings is 1. The molecule has 0 saturated heterocycles. The first-order valence-electron chi connectivity index (χ1n) is 5.46. The molecule has 5 nitrogen and oxygen atoms in total. The lowest BCUT2D eigenvalue weighted by molar-refractivity contribution is -0.140. The predicted molar refractivity (Wildman–Crippen MR) is 69.7 cm³/mol. The van der Waals surface area contributed by atoms with E-state index in [1.165, 1.54) is 18.7 Å². The van der Waals surface area contributed by atoms with Crippen molar-refractivity contribution in [3.05, 3.63) is 23.4 Å². The molecule has 1 amide bonds. The Morgan fingerprint density at radius 1 is 1.44 bits per heavy atom. The van der Waals surface area contributed by atoms with Gasteiger partial charge in [0.2, 0.25) is 5.91 Å². The van der Waals surface area contributed by atoms with Gasteiger partial charge >= 0.3 is 5.97 Å². The molecule has 1 unspecified atom stereocenters. The van der Waals surface area contributed by atoms with Gasteiger partial charge in [-0.15, -0.1) is 11.8 Å². The molecule has 0 aromatic carbocycles. The van der Waals surface area contributed by atoms with E-state index in [4.69, 9.17) is 5.11 Å². The van der Waals surface area contributed by atoms with Crippen LogP contribution >= 0.6 is 11.8 Å². The molecule has 0 aliphatic heterocycles. The molecule has 1 aromatic rings. The molecule has 6 heteroatoms. The fourth-order valence-corrected chi connectivity index (χ4v) is 2.51. The van der Waals surface area contributed by atoms with Crippen LogP contribution in [0.25, 0.3) is 0 Å². The van der Waals surface area contributed by atoms with Crippen molar-refractivity contribution in [1.82, 2.24) is 10.3 Å². The van der Waals surface area contributed by atoms with Crippen LogP contribution in [-0.4, -0.2) is 33.8 Å². The van der Waals surface area contributed by atoms with Gasteiger partial charge in [-0.1, -0.05) is 0 Å². The Morgan fingerprint density at radius 3 is 2.61 bits per heavy atom. The molecule has 18 heavy (non-hydrogen) atoms. The number of aryl methyl sites for hydroxylation is 2. The van der Waals surface area contributed by atoms with E-state index in [0.717, 1.165) is 16.3 Å². The second-order valence-corrected chi connectivity index (χ2v) is 5.07. The maximum atomic E-state index is 10.9. The minimum absolute atomic E-state index is 0.255. The van der Waals surface area contributed by atoms with E-state index in [2.05, 4.69) is 10.3 Å². The number of amides is 1. The van der Waals surface area contributed by atoms with E-state index >= 15 is 0 Å². The van der Waals surface area contributed by atoms with Crippen LogP contribution in [0.15, 0.2) is 17.2 Å². The Kier molecular flexibility index (Phi) is 5.15. The van der Waals surface area contributed by atoms with Crippen molar-refractivity contribution < 1.29 is 14.7 Å². The fourth-order valence-electron chi connectivity index (χ4n) is 1.47. The summed E-state index contributed by atoms with van der Waals surface area (Å²) in [6.45, 7) is 5.15. The number of carboxylic acids is 1. The second kappa shape index (κ2) is 6.39. The van der Waals surface area contributed by atoms with Gasteiger partial charge < -0.3 is 10.4 Å². The summed E-state index contributed by atoms with van der Waals surface area (Å²) in [5.74, 6) is -1.14. The third-order valence-corrected chi connectivity index (χ3v) is 3.15. The molecule has 0 saturated carbocycles. The number of hydrogen-bond donors (Lipinski definition) is 2. The maximum absolute atomic E-state index is 10.9.